The summed E-state index contributed by atoms with van der Waals surface area (Å²) in [5.41, 5.74) is 1.41. The normalized spacial score (nSPS) is 9.67. The molecule has 96 valence electrons. The fraction of sp³-hybridized carbons (Fsp3) is 0.462. The Hall–Kier alpha value is -2.09. The lowest BCUT2D eigenvalue weighted by Crippen LogP contribution is -2.37. The smallest absolute Gasteiger partial charge is 0.239 e. The Morgan fingerprint density at radius 1 is 1.61 bits per heavy atom. The first-order valence-corrected chi connectivity index (χ1v) is 5.95. The topological polar surface area (TPSA) is 69.0 Å². The average molecular weight is 246 g/mol. The van der Waals surface area contributed by atoms with E-state index in [-0.39, 0.29) is 12.5 Å². The molecule has 5 nitrogen and oxygen atoms in total. The molecule has 1 rings (SSSR count). The summed E-state index contributed by atoms with van der Waals surface area (Å²) in [7, 11) is 1.60. The molecule has 0 saturated carbocycles. The summed E-state index contributed by atoms with van der Waals surface area (Å²) < 4.78 is 0. The molecule has 0 radical (unpaired) electrons. The highest BCUT2D eigenvalue weighted by Crippen LogP contribution is 2.19. The van der Waals surface area contributed by atoms with Crippen LogP contribution in [0.2, 0.25) is 0 Å². The van der Waals surface area contributed by atoms with E-state index in [4.69, 9.17) is 0 Å². The molecule has 0 fully saturated rings. The van der Waals surface area contributed by atoms with Crippen LogP contribution in [0, 0.1) is 18.3 Å². The number of nitrogens with one attached hydrogen (secondary N) is 1. The minimum Gasteiger partial charge on any atom is -0.358 e. The van der Waals surface area contributed by atoms with Gasteiger partial charge in [-0.05, 0) is 25.0 Å². The van der Waals surface area contributed by atoms with Gasteiger partial charge in [0.1, 0.15) is 11.9 Å². The molecule has 5 heteroatoms. The first kappa shape index (κ1) is 14.0. The number of likely N-dealkylation sites (N-methyl/N-ethyl adjacent to an activating group) is 1. The second kappa shape index (κ2) is 6.60. The van der Waals surface area contributed by atoms with E-state index in [0.29, 0.717) is 17.9 Å². The van der Waals surface area contributed by atoms with Crippen LogP contribution in [0.15, 0.2) is 12.3 Å². The second-order valence-electron chi connectivity index (χ2n) is 4.03. The van der Waals surface area contributed by atoms with Gasteiger partial charge in [-0.2, -0.15) is 5.26 Å². The third kappa shape index (κ3) is 3.20. The van der Waals surface area contributed by atoms with E-state index < -0.39 is 0 Å². The maximum absolute atomic E-state index is 11.5. The number of pyridine rings is 1. The predicted octanol–water partition coefficient (Wildman–Crippen LogP) is 1.22. The molecule has 1 N–H and O–H groups in total. The zero-order valence-electron chi connectivity index (χ0n) is 11.0. The van der Waals surface area contributed by atoms with Crippen molar-refractivity contribution in [2.75, 3.05) is 25.0 Å². The van der Waals surface area contributed by atoms with E-state index in [0.717, 1.165) is 12.0 Å². The third-order valence-corrected chi connectivity index (χ3v) is 2.66. The summed E-state index contributed by atoms with van der Waals surface area (Å²) in [6, 6.07) is 3.96. The first-order chi connectivity index (χ1) is 8.63. The lowest BCUT2D eigenvalue weighted by molar-refractivity contribution is -0.119. The number of rotatable bonds is 5. The highest BCUT2D eigenvalue weighted by atomic mass is 16.1. The molecule has 0 unspecified atom stereocenters. The Bertz CT molecular complexity index is 465. The summed E-state index contributed by atoms with van der Waals surface area (Å²) in [6.45, 7) is 4.81. The van der Waals surface area contributed by atoms with Crippen molar-refractivity contribution in [3.05, 3.63) is 23.4 Å². The number of hydrogen-bond donors (Lipinski definition) is 1. The van der Waals surface area contributed by atoms with Crippen LogP contribution in [0.5, 0.6) is 0 Å². The van der Waals surface area contributed by atoms with Gasteiger partial charge in [-0.15, -0.1) is 0 Å². The van der Waals surface area contributed by atoms with Crippen LogP contribution in [0.3, 0.4) is 0 Å². The Morgan fingerprint density at radius 3 is 2.89 bits per heavy atom. The van der Waals surface area contributed by atoms with Crippen LogP contribution in [-0.4, -0.2) is 31.0 Å². The average Bonchev–Trinajstić information content (AvgIpc) is 2.37. The van der Waals surface area contributed by atoms with Crippen molar-refractivity contribution >= 4 is 11.7 Å². The van der Waals surface area contributed by atoms with E-state index in [1.54, 1.807) is 19.3 Å². The number of amides is 1. The Morgan fingerprint density at radius 2 is 2.33 bits per heavy atom. The van der Waals surface area contributed by atoms with Gasteiger partial charge in [-0.1, -0.05) is 6.92 Å². The van der Waals surface area contributed by atoms with Crippen molar-refractivity contribution < 1.29 is 4.79 Å². The van der Waals surface area contributed by atoms with Gasteiger partial charge in [-0.25, -0.2) is 4.98 Å². The maximum Gasteiger partial charge on any atom is 0.239 e. The minimum atomic E-state index is -0.0874. The van der Waals surface area contributed by atoms with Crippen LogP contribution in [0.25, 0.3) is 0 Å². The lowest BCUT2D eigenvalue weighted by Gasteiger charge is -2.23. The molecule has 0 aromatic carbocycles. The number of carbonyl (C=O) groups excluding carboxylic acids is 1. The van der Waals surface area contributed by atoms with Crippen molar-refractivity contribution in [3.8, 4) is 6.07 Å². The molecule has 0 atom stereocenters. The van der Waals surface area contributed by atoms with Gasteiger partial charge in [-0.3, -0.25) is 4.79 Å². The van der Waals surface area contributed by atoms with Crippen LogP contribution >= 0.6 is 0 Å². The van der Waals surface area contributed by atoms with Gasteiger partial charge >= 0.3 is 0 Å². The van der Waals surface area contributed by atoms with Gasteiger partial charge in [0.15, 0.2) is 0 Å². The van der Waals surface area contributed by atoms with E-state index in [1.165, 1.54) is 0 Å². The largest absolute Gasteiger partial charge is 0.358 e. The molecular formula is C13H18N4O. The number of aromatic nitrogens is 1. The van der Waals surface area contributed by atoms with Gasteiger partial charge in [0, 0.05) is 19.8 Å². The van der Waals surface area contributed by atoms with E-state index in [9.17, 15) is 10.1 Å². The molecular weight excluding hydrogens is 228 g/mol. The summed E-state index contributed by atoms with van der Waals surface area (Å²) in [4.78, 5) is 17.6. The SMILES string of the molecule is CCCN(CC(=O)NC)c1nccc(C)c1C#N. The summed E-state index contributed by atoms with van der Waals surface area (Å²) in [6.07, 6.45) is 2.55. The molecule has 18 heavy (non-hydrogen) atoms. The zero-order valence-corrected chi connectivity index (χ0v) is 11.0. The van der Waals surface area contributed by atoms with Gasteiger partial charge in [0.2, 0.25) is 5.91 Å². The minimum absolute atomic E-state index is 0.0874. The monoisotopic (exact) mass is 246 g/mol. The molecule has 0 aliphatic rings. The fourth-order valence-corrected chi connectivity index (χ4v) is 1.70. The number of nitrogens with zero attached hydrogens (tertiary/aromatic N) is 3. The number of nitriles is 1. The molecule has 0 aliphatic carbocycles. The van der Waals surface area contributed by atoms with Crippen molar-refractivity contribution in [1.29, 1.82) is 5.26 Å². The molecule has 1 aromatic rings. The van der Waals surface area contributed by atoms with Crippen LogP contribution in [0.1, 0.15) is 24.5 Å². The number of aryl methyl sites for hydroxylation is 1. The molecule has 0 spiro atoms. The molecule has 1 heterocycles. The number of anilines is 1. The zero-order chi connectivity index (χ0) is 13.5. The quantitative estimate of drug-likeness (QED) is 0.848. The lowest BCUT2D eigenvalue weighted by atomic mass is 10.1. The summed E-state index contributed by atoms with van der Waals surface area (Å²) in [5, 5.41) is 11.8. The molecule has 0 bridgehead atoms. The predicted molar refractivity (Wildman–Crippen MR) is 70.3 cm³/mol. The fourth-order valence-electron chi connectivity index (χ4n) is 1.70. The molecule has 1 aromatic heterocycles. The van der Waals surface area contributed by atoms with E-state index in [1.807, 2.05) is 18.7 Å². The van der Waals surface area contributed by atoms with Crippen LogP contribution in [-0.2, 0) is 4.79 Å². The molecule has 1 amide bonds. The van der Waals surface area contributed by atoms with Crippen LogP contribution < -0.4 is 10.2 Å². The van der Waals surface area contributed by atoms with Crippen molar-refractivity contribution in [3.63, 3.8) is 0 Å². The molecule has 0 saturated heterocycles. The highest BCUT2D eigenvalue weighted by Gasteiger charge is 2.16. The van der Waals surface area contributed by atoms with Crippen molar-refractivity contribution in [2.24, 2.45) is 0 Å². The van der Waals surface area contributed by atoms with E-state index in [2.05, 4.69) is 16.4 Å². The molecule has 0 aliphatic heterocycles. The van der Waals surface area contributed by atoms with Gasteiger partial charge < -0.3 is 10.2 Å². The first-order valence-electron chi connectivity index (χ1n) is 5.95. The van der Waals surface area contributed by atoms with E-state index >= 15 is 0 Å². The van der Waals surface area contributed by atoms with Crippen LogP contribution in [0.4, 0.5) is 5.82 Å². The Kier molecular flexibility index (Phi) is 5.12. The maximum atomic E-state index is 11.5. The summed E-state index contributed by atoms with van der Waals surface area (Å²) in [5.74, 6) is 0.499. The number of hydrogen-bond acceptors (Lipinski definition) is 4. The highest BCUT2D eigenvalue weighted by molar-refractivity contribution is 5.81. The Labute approximate surface area is 107 Å². The second-order valence-corrected chi connectivity index (χ2v) is 4.03. The third-order valence-electron chi connectivity index (χ3n) is 2.66. The van der Waals surface area contributed by atoms with Crippen molar-refractivity contribution in [2.45, 2.75) is 20.3 Å². The van der Waals surface area contributed by atoms with Gasteiger partial charge in [0.05, 0.1) is 12.1 Å². The number of carbonyl (C=O) groups is 1. The summed E-state index contributed by atoms with van der Waals surface area (Å²) >= 11 is 0. The Balaban J connectivity index is 3.09. The standard InChI is InChI=1S/C13H18N4O/c1-4-7-17(9-12(18)15-3)13-11(8-14)10(2)5-6-16-13/h5-6H,4,7,9H2,1-3H3,(H,15,18). The van der Waals surface area contributed by atoms with Gasteiger partial charge in [0.25, 0.3) is 0 Å². The van der Waals surface area contributed by atoms with Crippen molar-refractivity contribution in [1.82, 2.24) is 10.3 Å².